The molecule has 5 heteroatoms. The third kappa shape index (κ3) is 3.92. The Morgan fingerprint density at radius 2 is 1.68 bits per heavy atom. The molecular weight excluding hydrogens is 316 g/mol. The number of esters is 1. The number of aryl methyl sites for hydroxylation is 2. The van der Waals surface area contributed by atoms with Crippen LogP contribution in [0.4, 0.5) is 0 Å². The SMILES string of the molecule is CCc1ccc(CN(C)C(=O)c2[nH]c(CC)c(C(=O)OC)c2C)cc1. The number of rotatable bonds is 6. The molecule has 0 fully saturated rings. The van der Waals surface area contributed by atoms with Crippen LogP contribution >= 0.6 is 0 Å². The van der Waals surface area contributed by atoms with Gasteiger partial charge >= 0.3 is 5.97 Å². The summed E-state index contributed by atoms with van der Waals surface area (Å²) in [6.07, 6.45) is 1.62. The molecule has 0 aliphatic carbocycles. The van der Waals surface area contributed by atoms with Crippen molar-refractivity contribution in [3.05, 3.63) is 57.9 Å². The Hall–Kier alpha value is -2.56. The van der Waals surface area contributed by atoms with E-state index in [4.69, 9.17) is 4.74 Å². The van der Waals surface area contributed by atoms with E-state index in [1.807, 2.05) is 19.1 Å². The molecule has 0 saturated heterocycles. The number of nitrogens with one attached hydrogen (secondary N) is 1. The van der Waals surface area contributed by atoms with Crippen molar-refractivity contribution in [3.8, 4) is 0 Å². The monoisotopic (exact) mass is 342 g/mol. The van der Waals surface area contributed by atoms with E-state index in [9.17, 15) is 9.59 Å². The second-order valence-corrected chi connectivity index (χ2v) is 6.15. The van der Waals surface area contributed by atoms with Gasteiger partial charge in [-0.2, -0.15) is 0 Å². The van der Waals surface area contributed by atoms with E-state index in [1.165, 1.54) is 12.7 Å². The van der Waals surface area contributed by atoms with Gasteiger partial charge < -0.3 is 14.6 Å². The number of methoxy groups -OCH3 is 1. The molecule has 0 unspecified atom stereocenters. The first-order valence-electron chi connectivity index (χ1n) is 8.55. The minimum absolute atomic E-state index is 0.137. The third-order valence-corrected chi connectivity index (χ3v) is 4.48. The Balaban J connectivity index is 2.24. The van der Waals surface area contributed by atoms with Crippen LogP contribution in [0.2, 0.25) is 0 Å². The van der Waals surface area contributed by atoms with Crippen LogP contribution in [0, 0.1) is 6.92 Å². The second-order valence-electron chi connectivity index (χ2n) is 6.15. The number of carbonyl (C=O) groups excluding carboxylic acids is 2. The molecular formula is C20H26N2O3. The molecule has 0 atom stereocenters. The molecule has 0 aliphatic rings. The molecule has 0 aliphatic heterocycles. The number of amides is 1. The molecule has 2 aromatic rings. The molecule has 1 N–H and O–H groups in total. The quantitative estimate of drug-likeness (QED) is 0.817. The first-order chi connectivity index (χ1) is 11.9. The highest BCUT2D eigenvalue weighted by Gasteiger charge is 2.25. The molecule has 1 aromatic heterocycles. The van der Waals surface area contributed by atoms with Gasteiger partial charge in [0.15, 0.2) is 0 Å². The number of ether oxygens (including phenoxy) is 1. The molecule has 0 saturated carbocycles. The van der Waals surface area contributed by atoms with Gasteiger partial charge in [-0.25, -0.2) is 4.79 Å². The van der Waals surface area contributed by atoms with Gasteiger partial charge in [0.25, 0.3) is 5.91 Å². The lowest BCUT2D eigenvalue weighted by atomic mass is 10.1. The summed E-state index contributed by atoms with van der Waals surface area (Å²) in [6, 6.07) is 8.25. The van der Waals surface area contributed by atoms with Crippen LogP contribution in [0.3, 0.4) is 0 Å². The van der Waals surface area contributed by atoms with E-state index in [0.717, 1.165) is 17.7 Å². The Bertz CT molecular complexity index is 760. The minimum Gasteiger partial charge on any atom is -0.465 e. The van der Waals surface area contributed by atoms with Gasteiger partial charge in [-0.3, -0.25) is 4.79 Å². The lowest BCUT2D eigenvalue weighted by Crippen LogP contribution is -2.27. The van der Waals surface area contributed by atoms with E-state index in [1.54, 1.807) is 18.9 Å². The second kappa shape index (κ2) is 8.01. The van der Waals surface area contributed by atoms with E-state index in [-0.39, 0.29) is 5.91 Å². The van der Waals surface area contributed by atoms with Crippen LogP contribution in [0.5, 0.6) is 0 Å². The third-order valence-electron chi connectivity index (χ3n) is 4.48. The summed E-state index contributed by atoms with van der Waals surface area (Å²) in [5, 5.41) is 0. The predicted molar refractivity (Wildman–Crippen MR) is 97.9 cm³/mol. The molecule has 1 amide bonds. The van der Waals surface area contributed by atoms with Gasteiger partial charge in [0.1, 0.15) is 5.69 Å². The summed E-state index contributed by atoms with van der Waals surface area (Å²) >= 11 is 0. The number of hydrogen-bond donors (Lipinski definition) is 1. The Morgan fingerprint density at radius 1 is 1.08 bits per heavy atom. The van der Waals surface area contributed by atoms with Crippen LogP contribution < -0.4 is 0 Å². The fraction of sp³-hybridized carbons (Fsp3) is 0.400. The number of H-pyrrole nitrogens is 1. The molecule has 2 rings (SSSR count). The molecule has 0 bridgehead atoms. The van der Waals surface area contributed by atoms with E-state index in [0.29, 0.717) is 29.8 Å². The maximum Gasteiger partial charge on any atom is 0.339 e. The van der Waals surface area contributed by atoms with Crippen molar-refractivity contribution in [1.82, 2.24) is 9.88 Å². The highest BCUT2D eigenvalue weighted by atomic mass is 16.5. The van der Waals surface area contributed by atoms with E-state index >= 15 is 0 Å². The Labute approximate surface area is 149 Å². The summed E-state index contributed by atoms with van der Waals surface area (Å²) in [7, 11) is 3.11. The molecule has 0 spiro atoms. The zero-order valence-corrected chi connectivity index (χ0v) is 15.6. The zero-order chi connectivity index (χ0) is 18.6. The maximum absolute atomic E-state index is 12.8. The lowest BCUT2D eigenvalue weighted by molar-refractivity contribution is 0.0599. The highest BCUT2D eigenvalue weighted by Crippen LogP contribution is 2.22. The van der Waals surface area contributed by atoms with Gasteiger partial charge in [-0.1, -0.05) is 38.1 Å². The summed E-state index contributed by atoms with van der Waals surface area (Å²) in [6.45, 7) is 6.34. The number of nitrogens with zero attached hydrogens (tertiary/aromatic N) is 1. The number of aromatic nitrogens is 1. The Kier molecular flexibility index (Phi) is 6.02. The molecule has 0 radical (unpaired) electrons. The minimum atomic E-state index is -0.414. The summed E-state index contributed by atoms with van der Waals surface area (Å²) < 4.78 is 4.85. The van der Waals surface area contributed by atoms with Crippen LogP contribution in [-0.4, -0.2) is 35.9 Å². The number of hydrogen-bond acceptors (Lipinski definition) is 3. The van der Waals surface area contributed by atoms with Crippen LogP contribution in [0.15, 0.2) is 24.3 Å². The van der Waals surface area contributed by atoms with Crippen molar-refractivity contribution in [3.63, 3.8) is 0 Å². The first kappa shape index (κ1) is 18.8. The van der Waals surface area contributed by atoms with Gasteiger partial charge in [0.2, 0.25) is 0 Å². The number of carbonyl (C=O) groups is 2. The van der Waals surface area contributed by atoms with Crippen LogP contribution in [-0.2, 0) is 24.1 Å². The van der Waals surface area contributed by atoms with Crippen LogP contribution in [0.1, 0.15) is 57.1 Å². The summed E-state index contributed by atoms with van der Waals surface area (Å²) in [4.78, 5) is 29.6. The highest BCUT2D eigenvalue weighted by molar-refractivity contribution is 6.00. The topological polar surface area (TPSA) is 62.4 Å². The largest absolute Gasteiger partial charge is 0.465 e. The number of aromatic amines is 1. The first-order valence-corrected chi connectivity index (χ1v) is 8.55. The average molecular weight is 342 g/mol. The maximum atomic E-state index is 12.8. The van der Waals surface area contributed by atoms with Crippen molar-refractivity contribution in [2.75, 3.05) is 14.2 Å². The zero-order valence-electron chi connectivity index (χ0n) is 15.6. The molecule has 134 valence electrons. The van der Waals surface area contributed by atoms with Crippen molar-refractivity contribution >= 4 is 11.9 Å². The fourth-order valence-corrected chi connectivity index (χ4v) is 2.93. The number of benzene rings is 1. The molecule has 1 aromatic carbocycles. The van der Waals surface area contributed by atoms with Gasteiger partial charge in [-0.05, 0) is 36.5 Å². The normalized spacial score (nSPS) is 10.6. The van der Waals surface area contributed by atoms with E-state index in [2.05, 4.69) is 24.0 Å². The smallest absolute Gasteiger partial charge is 0.339 e. The standard InChI is InChI=1S/C20H26N2O3/c1-6-14-8-10-15(11-9-14)12-22(4)19(23)18-13(3)17(20(24)25-5)16(7-2)21-18/h8-11,21H,6-7,12H2,1-5H3. The molecule has 5 nitrogen and oxygen atoms in total. The summed E-state index contributed by atoms with van der Waals surface area (Å²) in [5.41, 5.74) is 4.63. The van der Waals surface area contributed by atoms with Crippen molar-refractivity contribution in [2.45, 2.75) is 40.2 Å². The van der Waals surface area contributed by atoms with Gasteiger partial charge in [0.05, 0.1) is 12.7 Å². The van der Waals surface area contributed by atoms with Gasteiger partial charge in [0, 0.05) is 19.3 Å². The Morgan fingerprint density at radius 3 is 2.20 bits per heavy atom. The average Bonchev–Trinajstić information content (AvgIpc) is 2.97. The summed E-state index contributed by atoms with van der Waals surface area (Å²) in [5.74, 6) is -0.552. The predicted octanol–water partition coefficient (Wildman–Crippen LogP) is 3.51. The van der Waals surface area contributed by atoms with Crippen LogP contribution in [0.25, 0.3) is 0 Å². The van der Waals surface area contributed by atoms with Gasteiger partial charge in [-0.15, -0.1) is 0 Å². The molecule has 1 heterocycles. The van der Waals surface area contributed by atoms with Crippen molar-refractivity contribution in [2.24, 2.45) is 0 Å². The van der Waals surface area contributed by atoms with Crippen molar-refractivity contribution in [1.29, 1.82) is 0 Å². The lowest BCUT2D eigenvalue weighted by Gasteiger charge is -2.17. The van der Waals surface area contributed by atoms with E-state index < -0.39 is 5.97 Å². The molecule has 25 heavy (non-hydrogen) atoms. The fourth-order valence-electron chi connectivity index (χ4n) is 2.93. The van der Waals surface area contributed by atoms with Crippen molar-refractivity contribution < 1.29 is 14.3 Å².